The standard InChI is InChI=1S/C23H31N3O3/c1-17-6-4-7-18(14-17)22(28)24-10-5-11-25(13-12-24)23(29)19-15-21(27)26(16-19)20-8-2-3-9-20/h4,6-7,14,19-20H,2-3,5,8-13,15-16H2,1H3/t19-/m1/s1. The van der Waals surface area contributed by atoms with E-state index in [1.54, 1.807) is 0 Å². The SMILES string of the molecule is Cc1cccc(C(=O)N2CCCN(C(=O)[C@@H]3CC(=O)N(C4CCCC4)C3)CC2)c1. The maximum Gasteiger partial charge on any atom is 0.253 e. The van der Waals surface area contributed by atoms with Crippen molar-refractivity contribution in [2.24, 2.45) is 5.92 Å². The predicted octanol–water partition coefficient (Wildman–Crippen LogP) is 2.46. The van der Waals surface area contributed by atoms with Crippen LogP contribution in [0.4, 0.5) is 0 Å². The highest BCUT2D eigenvalue weighted by Gasteiger charge is 2.40. The monoisotopic (exact) mass is 397 g/mol. The largest absolute Gasteiger partial charge is 0.341 e. The molecule has 3 amide bonds. The first kappa shape index (κ1) is 19.9. The van der Waals surface area contributed by atoms with E-state index >= 15 is 0 Å². The Labute approximate surface area is 172 Å². The van der Waals surface area contributed by atoms with E-state index in [0.717, 1.165) is 24.8 Å². The molecule has 3 aliphatic rings. The summed E-state index contributed by atoms with van der Waals surface area (Å²) in [5.74, 6) is 0.0404. The fraction of sp³-hybridized carbons (Fsp3) is 0.609. The maximum absolute atomic E-state index is 13.1. The van der Waals surface area contributed by atoms with Crippen LogP contribution in [0.5, 0.6) is 0 Å². The van der Waals surface area contributed by atoms with Crippen LogP contribution in [0.15, 0.2) is 24.3 Å². The Balaban J connectivity index is 1.35. The van der Waals surface area contributed by atoms with Gasteiger partial charge in [-0.1, -0.05) is 30.5 Å². The van der Waals surface area contributed by atoms with Gasteiger partial charge in [-0.25, -0.2) is 0 Å². The van der Waals surface area contributed by atoms with Gasteiger partial charge in [0.2, 0.25) is 11.8 Å². The van der Waals surface area contributed by atoms with Crippen molar-refractivity contribution in [1.29, 1.82) is 0 Å². The van der Waals surface area contributed by atoms with Crippen LogP contribution in [0.2, 0.25) is 0 Å². The van der Waals surface area contributed by atoms with Crippen molar-refractivity contribution in [2.75, 3.05) is 32.7 Å². The number of hydrogen-bond donors (Lipinski definition) is 0. The smallest absolute Gasteiger partial charge is 0.253 e. The first-order valence-electron chi connectivity index (χ1n) is 11.0. The van der Waals surface area contributed by atoms with Gasteiger partial charge in [0, 0.05) is 50.7 Å². The minimum atomic E-state index is -0.220. The van der Waals surface area contributed by atoms with Gasteiger partial charge < -0.3 is 14.7 Å². The Morgan fingerprint density at radius 2 is 1.69 bits per heavy atom. The second-order valence-corrected chi connectivity index (χ2v) is 8.73. The van der Waals surface area contributed by atoms with Gasteiger partial charge in [0.1, 0.15) is 0 Å². The first-order valence-corrected chi connectivity index (χ1v) is 11.0. The van der Waals surface area contributed by atoms with Crippen LogP contribution in [0.25, 0.3) is 0 Å². The normalized spacial score (nSPS) is 23.6. The number of amides is 3. The molecule has 1 aromatic carbocycles. The average Bonchev–Trinajstić information content (AvgIpc) is 3.30. The van der Waals surface area contributed by atoms with Crippen molar-refractivity contribution < 1.29 is 14.4 Å². The summed E-state index contributed by atoms with van der Waals surface area (Å²) in [6.07, 6.45) is 5.64. The molecule has 0 aromatic heterocycles. The highest BCUT2D eigenvalue weighted by atomic mass is 16.2. The summed E-state index contributed by atoms with van der Waals surface area (Å²) in [6, 6.07) is 8.00. The van der Waals surface area contributed by atoms with Gasteiger partial charge in [0.25, 0.3) is 5.91 Å². The summed E-state index contributed by atoms with van der Waals surface area (Å²) >= 11 is 0. The Hall–Kier alpha value is -2.37. The molecule has 1 atom stereocenters. The molecule has 6 heteroatoms. The van der Waals surface area contributed by atoms with E-state index < -0.39 is 0 Å². The molecule has 2 aliphatic heterocycles. The van der Waals surface area contributed by atoms with E-state index in [1.807, 2.05) is 45.9 Å². The van der Waals surface area contributed by atoms with E-state index in [9.17, 15) is 14.4 Å². The molecule has 0 unspecified atom stereocenters. The molecular weight excluding hydrogens is 366 g/mol. The number of benzene rings is 1. The van der Waals surface area contributed by atoms with Crippen molar-refractivity contribution in [3.8, 4) is 0 Å². The van der Waals surface area contributed by atoms with Crippen molar-refractivity contribution in [2.45, 2.75) is 51.5 Å². The number of aryl methyl sites for hydroxylation is 1. The molecule has 29 heavy (non-hydrogen) atoms. The summed E-state index contributed by atoms with van der Waals surface area (Å²) < 4.78 is 0. The zero-order valence-electron chi connectivity index (χ0n) is 17.3. The van der Waals surface area contributed by atoms with Crippen LogP contribution in [-0.2, 0) is 9.59 Å². The lowest BCUT2D eigenvalue weighted by atomic mass is 10.1. The van der Waals surface area contributed by atoms with Crippen molar-refractivity contribution in [3.63, 3.8) is 0 Å². The molecule has 1 saturated carbocycles. The molecule has 0 radical (unpaired) electrons. The first-order chi connectivity index (χ1) is 14.0. The van der Waals surface area contributed by atoms with E-state index in [0.29, 0.717) is 50.7 Å². The van der Waals surface area contributed by atoms with Crippen LogP contribution in [0.1, 0.15) is 54.4 Å². The highest BCUT2D eigenvalue weighted by Crippen LogP contribution is 2.30. The predicted molar refractivity (Wildman–Crippen MR) is 110 cm³/mol. The number of carbonyl (C=O) groups is 3. The molecule has 2 heterocycles. The van der Waals surface area contributed by atoms with Crippen LogP contribution < -0.4 is 0 Å². The van der Waals surface area contributed by atoms with E-state index in [2.05, 4.69) is 0 Å². The lowest BCUT2D eigenvalue weighted by molar-refractivity contribution is -0.135. The zero-order valence-corrected chi connectivity index (χ0v) is 17.3. The van der Waals surface area contributed by atoms with Crippen LogP contribution in [0.3, 0.4) is 0 Å². The third kappa shape index (κ3) is 4.31. The fourth-order valence-corrected chi connectivity index (χ4v) is 5.03. The molecule has 0 spiro atoms. The third-order valence-electron chi connectivity index (χ3n) is 6.63. The topological polar surface area (TPSA) is 60.9 Å². The van der Waals surface area contributed by atoms with Gasteiger partial charge in [0.05, 0.1) is 5.92 Å². The lowest BCUT2D eigenvalue weighted by Gasteiger charge is -2.26. The van der Waals surface area contributed by atoms with Crippen LogP contribution in [0, 0.1) is 12.8 Å². The van der Waals surface area contributed by atoms with E-state index in [1.165, 1.54) is 12.8 Å². The Kier molecular flexibility index (Phi) is 5.88. The van der Waals surface area contributed by atoms with Gasteiger partial charge in [0.15, 0.2) is 0 Å². The van der Waals surface area contributed by atoms with Gasteiger partial charge in [-0.3, -0.25) is 14.4 Å². The second-order valence-electron chi connectivity index (χ2n) is 8.73. The molecule has 156 valence electrons. The zero-order chi connectivity index (χ0) is 20.4. The quantitative estimate of drug-likeness (QED) is 0.787. The highest BCUT2D eigenvalue weighted by molar-refractivity contribution is 5.94. The lowest BCUT2D eigenvalue weighted by Crippen LogP contribution is -2.41. The van der Waals surface area contributed by atoms with Gasteiger partial charge in [-0.2, -0.15) is 0 Å². The minimum absolute atomic E-state index is 0.0338. The average molecular weight is 398 g/mol. The Morgan fingerprint density at radius 3 is 2.45 bits per heavy atom. The number of hydrogen-bond acceptors (Lipinski definition) is 3. The van der Waals surface area contributed by atoms with E-state index in [4.69, 9.17) is 0 Å². The van der Waals surface area contributed by atoms with Crippen molar-refractivity contribution in [3.05, 3.63) is 35.4 Å². The fourth-order valence-electron chi connectivity index (χ4n) is 5.03. The minimum Gasteiger partial charge on any atom is -0.341 e. The number of likely N-dealkylation sites (tertiary alicyclic amines) is 1. The van der Waals surface area contributed by atoms with Gasteiger partial charge in [-0.15, -0.1) is 0 Å². The maximum atomic E-state index is 13.1. The van der Waals surface area contributed by atoms with Gasteiger partial charge >= 0.3 is 0 Å². The summed E-state index contributed by atoms with van der Waals surface area (Å²) in [6.45, 7) is 4.97. The van der Waals surface area contributed by atoms with Crippen molar-refractivity contribution in [1.82, 2.24) is 14.7 Å². The molecule has 1 aliphatic carbocycles. The number of nitrogens with zero attached hydrogens (tertiary/aromatic N) is 3. The summed E-state index contributed by atoms with van der Waals surface area (Å²) in [7, 11) is 0. The van der Waals surface area contributed by atoms with Crippen LogP contribution in [-0.4, -0.2) is 71.2 Å². The van der Waals surface area contributed by atoms with E-state index in [-0.39, 0.29) is 23.6 Å². The molecule has 6 nitrogen and oxygen atoms in total. The number of carbonyl (C=O) groups excluding carboxylic acids is 3. The molecule has 3 fully saturated rings. The molecule has 0 N–H and O–H groups in total. The van der Waals surface area contributed by atoms with Crippen molar-refractivity contribution >= 4 is 17.7 Å². The number of rotatable bonds is 3. The molecule has 1 aromatic rings. The molecule has 2 saturated heterocycles. The summed E-state index contributed by atoms with van der Waals surface area (Å²) in [5, 5.41) is 0. The third-order valence-corrected chi connectivity index (χ3v) is 6.63. The summed E-state index contributed by atoms with van der Waals surface area (Å²) in [4.78, 5) is 44.1. The molecule has 0 bridgehead atoms. The summed E-state index contributed by atoms with van der Waals surface area (Å²) in [5.41, 5.74) is 1.78. The Bertz CT molecular complexity index is 787. The second kappa shape index (κ2) is 8.56. The Morgan fingerprint density at radius 1 is 0.966 bits per heavy atom. The molecular formula is C23H31N3O3. The van der Waals surface area contributed by atoms with Crippen LogP contribution >= 0.6 is 0 Å². The molecule has 4 rings (SSSR count). The van der Waals surface area contributed by atoms with Gasteiger partial charge in [-0.05, 0) is 38.3 Å².